The van der Waals surface area contributed by atoms with E-state index in [9.17, 15) is 13.2 Å². The molecular weight excluding hydrogens is 402 g/mol. The molecule has 2 fully saturated rings. The molecule has 4 rings (SSSR count). The van der Waals surface area contributed by atoms with E-state index >= 15 is 0 Å². The molecule has 0 radical (unpaired) electrons. The zero-order valence-electron chi connectivity index (χ0n) is 17.4. The number of benzene rings is 1. The van der Waals surface area contributed by atoms with Crippen molar-refractivity contribution in [3.05, 3.63) is 47.7 Å². The zero-order chi connectivity index (χ0) is 21.3. The number of carbonyl (C=O) groups excluding carboxylic acids is 1. The van der Waals surface area contributed by atoms with Crippen molar-refractivity contribution in [2.75, 3.05) is 43.9 Å². The maximum Gasteiger partial charge on any atom is 0.257 e. The molecule has 0 atom stereocenters. The molecular formula is C22H27N3O4S. The van der Waals surface area contributed by atoms with Gasteiger partial charge < -0.3 is 14.5 Å². The summed E-state index contributed by atoms with van der Waals surface area (Å²) < 4.78 is 29.9. The van der Waals surface area contributed by atoms with Crippen molar-refractivity contribution in [2.24, 2.45) is 5.92 Å². The number of aryl methyl sites for hydroxylation is 1. The van der Waals surface area contributed by atoms with E-state index in [1.807, 2.05) is 25.3 Å². The van der Waals surface area contributed by atoms with E-state index in [0.29, 0.717) is 50.0 Å². The molecule has 1 aromatic carbocycles. The maximum absolute atomic E-state index is 13.3. The summed E-state index contributed by atoms with van der Waals surface area (Å²) in [6.45, 7) is 4.99. The first-order valence-electron chi connectivity index (χ1n) is 10.2. The minimum absolute atomic E-state index is 0.132. The predicted octanol–water partition coefficient (Wildman–Crippen LogP) is 2.54. The number of sulfone groups is 1. The molecule has 1 aliphatic heterocycles. The van der Waals surface area contributed by atoms with Crippen LogP contribution >= 0.6 is 0 Å². The van der Waals surface area contributed by atoms with Crippen molar-refractivity contribution in [2.45, 2.75) is 24.7 Å². The lowest BCUT2D eigenvalue weighted by Crippen LogP contribution is -2.49. The van der Waals surface area contributed by atoms with Gasteiger partial charge in [0.25, 0.3) is 5.91 Å². The molecule has 160 valence electrons. The minimum atomic E-state index is -3.42. The molecule has 8 heteroatoms. The van der Waals surface area contributed by atoms with Crippen molar-refractivity contribution in [1.82, 2.24) is 9.88 Å². The number of pyridine rings is 1. The second-order valence-electron chi connectivity index (χ2n) is 8.16. The van der Waals surface area contributed by atoms with Crippen LogP contribution in [0.3, 0.4) is 0 Å². The second-order valence-corrected chi connectivity index (χ2v) is 10.2. The van der Waals surface area contributed by atoms with Gasteiger partial charge in [-0.15, -0.1) is 0 Å². The normalized spacial score (nSPS) is 17.1. The quantitative estimate of drug-likeness (QED) is 0.702. The van der Waals surface area contributed by atoms with Crippen LogP contribution in [0.4, 0.5) is 5.82 Å². The van der Waals surface area contributed by atoms with E-state index in [1.54, 1.807) is 11.0 Å². The van der Waals surface area contributed by atoms with E-state index in [2.05, 4.69) is 9.88 Å². The SMILES string of the molecule is Cc1ccc(N2CCN(C(=O)c3cc(S(C)(=O)=O)ccc3OCC3CC3)CC2)nc1. The van der Waals surface area contributed by atoms with E-state index in [0.717, 1.165) is 30.5 Å². The lowest BCUT2D eigenvalue weighted by molar-refractivity contribution is 0.0741. The maximum atomic E-state index is 13.3. The lowest BCUT2D eigenvalue weighted by Gasteiger charge is -2.35. The molecule has 2 aromatic rings. The Hall–Kier alpha value is -2.61. The van der Waals surface area contributed by atoms with Gasteiger partial charge in [0.2, 0.25) is 0 Å². The molecule has 2 aliphatic rings. The molecule has 0 N–H and O–H groups in total. The Bertz CT molecular complexity index is 1020. The summed E-state index contributed by atoms with van der Waals surface area (Å²) in [5.41, 5.74) is 1.43. The predicted molar refractivity (Wildman–Crippen MR) is 115 cm³/mol. The van der Waals surface area contributed by atoms with Crippen LogP contribution in [0.5, 0.6) is 5.75 Å². The van der Waals surface area contributed by atoms with Gasteiger partial charge in [-0.1, -0.05) is 6.07 Å². The topological polar surface area (TPSA) is 79.8 Å². The monoisotopic (exact) mass is 429 g/mol. The summed E-state index contributed by atoms with van der Waals surface area (Å²) in [5.74, 6) is 1.71. The molecule has 30 heavy (non-hydrogen) atoms. The van der Waals surface area contributed by atoms with Gasteiger partial charge in [0.15, 0.2) is 9.84 Å². The zero-order valence-corrected chi connectivity index (χ0v) is 18.2. The first kappa shape index (κ1) is 20.7. The van der Waals surface area contributed by atoms with E-state index in [4.69, 9.17) is 4.74 Å². The van der Waals surface area contributed by atoms with E-state index in [1.165, 1.54) is 12.1 Å². The van der Waals surface area contributed by atoms with Crippen LogP contribution in [0.25, 0.3) is 0 Å². The molecule has 7 nitrogen and oxygen atoms in total. The van der Waals surface area contributed by atoms with Crippen LogP contribution < -0.4 is 9.64 Å². The highest BCUT2D eigenvalue weighted by Crippen LogP contribution is 2.31. The Morgan fingerprint density at radius 3 is 2.47 bits per heavy atom. The standard InChI is InChI=1S/C22H27N3O4S/c1-16-3-8-21(23-14-16)24-9-11-25(12-10-24)22(26)19-13-18(30(2,27)28)6-7-20(19)29-15-17-4-5-17/h3,6-8,13-14,17H,4-5,9-12,15H2,1-2H3. The highest BCUT2D eigenvalue weighted by molar-refractivity contribution is 7.90. The van der Waals surface area contributed by atoms with Gasteiger partial charge in [-0.2, -0.15) is 0 Å². The molecule has 1 amide bonds. The Morgan fingerprint density at radius 2 is 1.87 bits per heavy atom. The smallest absolute Gasteiger partial charge is 0.257 e. The van der Waals surface area contributed by atoms with Crippen LogP contribution in [0.2, 0.25) is 0 Å². The largest absolute Gasteiger partial charge is 0.492 e. The summed E-state index contributed by atoms with van der Waals surface area (Å²) in [5, 5.41) is 0. The summed E-state index contributed by atoms with van der Waals surface area (Å²) in [7, 11) is -3.42. The highest BCUT2D eigenvalue weighted by atomic mass is 32.2. The molecule has 0 bridgehead atoms. The first-order valence-corrected chi connectivity index (χ1v) is 12.1. The van der Waals surface area contributed by atoms with Crippen LogP contribution in [-0.4, -0.2) is 63.3 Å². The number of aromatic nitrogens is 1. The summed E-state index contributed by atoms with van der Waals surface area (Å²) in [6, 6.07) is 8.59. The molecule has 1 aromatic heterocycles. The van der Waals surface area contributed by atoms with Crippen LogP contribution in [0.15, 0.2) is 41.4 Å². The summed E-state index contributed by atoms with van der Waals surface area (Å²) >= 11 is 0. The highest BCUT2D eigenvalue weighted by Gasteiger charge is 2.28. The van der Waals surface area contributed by atoms with Gasteiger partial charge in [-0.25, -0.2) is 13.4 Å². The number of nitrogens with zero attached hydrogens (tertiary/aromatic N) is 3. The third-order valence-electron chi connectivity index (χ3n) is 5.57. The van der Waals surface area contributed by atoms with Gasteiger partial charge in [0.05, 0.1) is 17.1 Å². The number of anilines is 1. The Morgan fingerprint density at radius 1 is 1.13 bits per heavy atom. The fraction of sp³-hybridized carbons (Fsp3) is 0.455. The fourth-order valence-electron chi connectivity index (χ4n) is 3.48. The Balaban J connectivity index is 1.50. The molecule has 1 saturated carbocycles. The van der Waals surface area contributed by atoms with E-state index < -0.39 is 9.84 Å². The number of hydrogen-bond acceptors (Lipinski definition) is 6. The number of carbonyl (C=O) groups is 1. The van der Waals surface area contributed by atoms with Crippen molar-refractivity contribution in [3.8, 4) is 5.75 Å². The fourth-order valence-corrected chi connectivity index (χ4v) is 4.13. The minimum Gasteiger partial charge on any atom is -0.492 e. The summed E-state index contributed by atoms with van der Waals surface area (Å²) in [6.07, 6.45) is 5.26. The Labute approximate surface area is 177 Å². The number of ether oxygens (including phenoxy) is 1. The summed E-state index contributed by atoms with van der Waals surface area (Å²) in [4.78, 5) is 21.8. The van der Waals surface area contributed by atoms with Gasteiger partial charge in [0, 0.05) is 38.6 Å². The molecule has 1 saturated heterocycles. The van der Waals surface area contributed by atoms with Crippen molar-refractivity contribution >= 4 is 21.6 Å². The molecule has 0 unspecified atom stereocenters. The van der Waals surface area contributed by atoms with Crippen molar-refractivity contribution in [1.29, 1.82) is 0 Å². The van der Waals surface area contributed by atoms with Crippen LogP contribution in [-0.2, 0) is 9.84 Å². The average molecular weight is 430 g/mol. The molecule has 1 aliphatic carbocycles. The van der Waals surface area contributed by atoms with Gasteiger partial charge >= 0.3 is 0 Å². The molecule has 0 spiro atoms. The van der Waals surface area contributed by atoms with Crippen molar-refractivity contribution < 1.29 is 17.9 Å². The van der Waals surface area contributed by atoms with E-state index in [-0.39, 0.29) is 10.8 Å². The first-order chi connectivity index (χ1) is 14.3. The van der Waals surface area contributed by atoms with Crippen molar-refractivity contribution in [3.63, 3.8) is 0 Å². The number of hydrogen-bond donors (Lipinski definition) is 0. The van der Waals surface area contributed by atoms with Gasteiger partial charge in [-0.05, 0) is 55.5 Å². The second kappa shape index (κ2) is 8.26. The Kier molecular flexibility index (Phi) is 5.69. The number of amides is 1. The van der Waals surface area contributed by atoms with Crippen LogP contribution in [0, 0.1) is 12.8 Å². The van der Waals surface area contributed by atoms with Gasteiger partial charge in [-0.3, -0.25) is 4.79 Å². The van der Waals surface area contributed by atoms with Gasteiger partial charge in [0.1, 0.15) is 11.6 Å². The molecule has 2 heterocycles. The number of piperazine rings is 1. The third kappa shape index (κ3) is 4.75. The average Bonchev–Trinajstić information content (AvgIpc) is 3.56. The lowest BCUT2D eigenvalue weighted by atomic mass is 10.1. The third-order valence-corrected chi connectivity index (χ3v) is 6.68. The van der Waals surface area contributed by atoms with Crippen LogP contribution in [0.1, 0.15) is 28.8 Å². The number of rotatable bonds is 6.